The molecule has 1 fully saturated rings. The van der Waals surface area contributed by atoms with Gasteiger partial charge in [0.15, 0.2) is 0 Å². The average molecular weight is 352 g/mol. The van der Waals surface area contributed by atoms with Gasteiger partial charge in [-0.05, 0) is 54.4 Å². The van der Waals surface area contributed by atoms with Crippen LogP contribution in [-0.2, 0) is 6.54 Å². The molecule has 0 saturated carbocycles. The van der Waals surface area contributed by atoms with E-state index in [0.717, 1.165) is 29.6 Å². The highest BCUT2D eigenvalue weighted by atomic mass is 79.9. The van der Waals surface area contributed by atoms with Crippen LogP contribution in [-0.4, -0.2) is 38.1 Å². The number of pyridine rings is 1. The molecular formula is C15H18BrN3O2. The van der Waals surface area contributed by atoms with Gasteiger partial charge in [-0.15, -0.1) is 0 Å². The molecule has 1 atom stereocenters. The minimum Gasteiger partial charge on any atom is -0.389 e. The van der Waals surface area contributed by atoms with Crippen LogP contribution >= 0.6 is 15.9 Å². The van der Waals surface area contributed by atoms with E-state index in [0.29, 0.717) is 18.7 Å². The topological polar surface area (TPSA) is 57.8 Å². The molecule has 1 aliphatic rings. The molecule has 21 heavy (non-hydrogen) atoms. The Bertz CT molecular complexity index is 726. The number of rotatable bonds is 2. The Labute approximate surface area is 131 Å². The van der Waals surface area contributed by atoms with Crippen molar-refractivity contribution in [3.8, 4) is 0 Å². The quantitative estimate of drug-likeness (QED) is 0.896. The lowest BCUT2D eigenvalue weighted by molar-refractivity contribution is -0.0184. The van der Waals surface area contributed by atoms with Crippen LogP contribution < -0.4 is 5.56 Å². The maximum Gasteiger partial charge on any atom is 0.258 e. The van der Waals surface area contributed by atoms with Crippen LogP contribution in [0.3, 0.4) is 0 Å². The number of piperidine rings is 1. The molecule has 0 aromatic carbocycles. The summed E-state index contributed by atoms with van der Waals surface area (Å²) < 4.78 is 2.37. The first kappa shape index (κ1) is 14.7. The van der Waals surface area contributed by atoms with Crippen molar-refractivity contribution in [2.24, 2.45) is 0 Å². The molecule has 0 spiro atoms. The summed E-state index contributed by atoms with van der Waals surface area (Å²) in [4.78, 5) is 18.8. The zero-order valence-corrected chi connectivity index (χ0v) is 13.5. The fourth-order valence-corrected chi connectivity index (χ4v) is 3.23. The molecule has 112 valence electrons. The summed E-state index contributed by atoms with van der Waals surface area (Å²) in [5.74, 6) is 0. The molecule has 3 heterocycles. The van der Waals surface area contributed by atoms with E-state index < -0.39 is 5.60 Å². The maximum absolute atomic E-state index is 12.2. The highest BCUT2D eigenvalue weighted by Crippen LogP contribution is 2.21. The molecule has 2 aromatic rings. The van der Waals surface area contributed by atoms with Crippen LogP contribution in [0.25, 0.3) is 5.65 Å². The van der Waals surface area contributed by atoms with E-state index in [2.05, 4.69) is 25.8 Å². The van der Waals surface area contributed by atoms with Gasteiger partial charge in [-0.1, -0.05) is 0 Å². The normalized spacial score (nSPS) is 23.6. The van der Waals surface area contributed by atoms with Gasteiger partial charge in [-0.25, -0.2) is 4.98 Å². The molecule has 0 bridgehead atoms. The third-order valence-corrected chi connectivity index (χ3v) is 4.29. The fourth-order valence-electron chi connectivity index (χ4n) is 2.89. The van der Waals surface area contributed by atoms with Crippen molar-refractivity contribution in [2.45, 2.75) is 31.9 Å². The smallest absolute Gasteiger partial charge is 0.258 e. The summed E-state index contributed by atoms with van der Waals surface area (Å²) in [5, 5.41) is 10.1. The van der Waals surface area contributed by atoms with E-state index in [-0.39, 0.29) is 5.56 Å². The number of β-amino-alcohol motifs (C(OH)–C–C–N with tert-alkyl or cyclic N) is 1. The Hall–Kier alpha value is -1.24. The van der Waals surface area contributed by atoms with E-state index in [1.54, 1.807) is 12.3 Å². The molecule has 0 aliphatic carbocycles. The van der Waals surface area contributed by atoms with Crippen LogP contribution in [0.1, 0.15) is 25.5 Å². The van der Waals surface area contributed by atoms with Crippen molar-refractivity contribution in [3.63, 3.8) is 0 Å². The molecular weight excluding hydrogens is 334 g/mol. The van der Waals surface area contributed by atoms with E-state index in [4.69, 9.17) is 0 Å². The van der Waals surface area contributed by atoms with Crippen LogP contribution in [0.4, 0.5) is 0 Å². The van der Waals surface area contributed by atoms with Crippen molar-refractivity contribution >= 4 is 21.6 Å². The monoisotopic (exact) mass is 351 g/mol. The predicted octanol–water partition coefficient (Wildman–Crippen LogP) is 1.80. The van der Waals surface area contributed by atoms with E-state index >= 15 is 0 Å². The Morgan fingerprint density at radius 3 is 3.05 bits per heavy atom. The number of hydrogen-bond acceptors (Lipinski definition) is 4. The average Bonchev–Trinajstić information content (AvgIpc) is 2.38. The zero-order valence-electron chi connectivity index (χ0n) is 11.9. The van der Waals surface area contributed by atoms with Gasteiger partial charge in [0.25, 0.3) is 5.56 Å². The summed E-state index contributed by atoms with van der Waals surface area (Å²) in [6.07, 6.45) is 3.51. The minimum absolute atomic E-state index is 0.0833. The van der Waals surface area contributed by atoms with Gasteiger partial charge in [0.05, 0.1) is 11.3 Å². The first-order chi connectivity index (χ1) is 9.93. The molecule has 1 saturated heterocycles. The van der Waals surface area contributed by atoms with Gasteiger partial charge in [0.2, 0.25) is 0 Å². The Morgan fingerprint density at radius 2 is 2.29 bits per heavy atom. The van der Waals surface area contributed by atoms with Gasteiger partial charge in [-0.3, -0.25) is 14.1 Å². The number of hydrogen-bond donors (Lipinski definition) is 1. The highest BCUT2D eigenvalue weighted by Gasteiger charge is 2.28. The zero-order chi connectivity index (χ0) is 15.0. The van der Waals surface area contributed by atoms with Crippen molar-refractivity contribution < 1.29 is 5.11 Å². The van der Waals surface area contributed by atoms with Crippen LogP contribution in [0.2, 0.25) is 0 Å². The van der Waals surface area contributed by atoms with Crippen molar-refractivity contribution in [2.75, 3.05) is 13.1 Å². The van der Waals surface area contributed by atoms with Gasteiger partial charge in [-0.2, -0.15) is 0 Å². The molecule has 0 radical (unpaired) electrons. The van der Waals surface area contributed by atoms with E-state index in [1.165, 1.54) is 4.40 Å². The second kappa shape index (κ2) is 5.51. The number of aliphatic hydroxyl groups is 1. The molecule has 1 N–H and O–H groups in total. The predicted molar refractivity (Wildman–Crippen MR) is 84.3 cm³/mol. The van der Waals surface area contributed by atoms with Crippen molar-refractivity contribution in [1.29, 1.82) is 0 Å². The van der Waals surface area contributed by atoms with Gasteiger partial charge >= 0.3 is 0 Å². The van der Waals surface area contributed by atoms with Crippen LogP contribution in [0.5, 0.6) is 0 Å². The van der Waals surface area contributed by atoms with Gasteiger partial charge in [0.1, 0.15) is 5.65 Å². The fraction of sp³-hybridized carbons (Fsp3) is 0.467. The van der Waals surface area contributed by atoms with Crippen LogP contribution in [0, 0.1) is 0 Å². The van der Waals surface area contributed by atoms with Gasteiger partial charge in [0, 0.05) is 29.8 Å². The summed E-state index contributed by atoms with van der Waals surface area (Å²) in [7, 11) is 0. The number of likely N-dealkylation sites (tertiary alicyclic amines) is 1. The molecule has 3 rings (SSSR count). The number of nitrogens with zero attached hydrogens (tertiary/aromatic N) is 3. The number of fused-ring (bicyclic) bond motifs is 1. The number of halogens is 1. The molecule has 2 aromatic heterocycles. The van der Waals surface area contributed by atoms with Crippen LogP contribution in [0.15, 0.2) is 33.7 Å². The number of aromatic nitrogens is 2. The Kier molecular flexibility index (Phi) is 3.86. The largest absolute Gasteiger partial charge is 0.389 e. The molecule has 6 heteroatoms. The summed E-state index contributed by atoms with van der Waals surface area (Å²) in [5.41, 5.74) is 0.666. The maximum atomic E-state index is 12.2. The van der Waals surface area contributed by atoms with E-state index in [1.807, 2.05) is 19.1 Å². The lowest BCUT2D eigenvalue weighted by Gasteiger charge is -2.36. The molecule has 0 amide bonds. The highest BCUT2D eigenvalue weighted by molar-refractivity contribution is 9.10. The second-order valence-corrected chi connectivity index (χ2v) is 6.89. The first-order valence-corrected chi connectivity index (χ1v) is 7.85. The molecule has 1 unspecified atom stereocenters. The lowest BCUT2D eigenvalue weighted by Crippen LogP contribution is -2.45. The summed E-state index contributed by atoms with van der Waals surface area (Å²) in [6.45, 7) is 4.00. The standard InChI is InChI=1S/C15H18BrN3O2/c1-15(21)5-2-6-18(10-15)9-12-7-14(20)19-8-11(16)3-4-13(19)17-12/h3-4,7-8,21H,2,5-6,9-10H2,1H3. The first-order valence-electron chi connectivity index (χ1n) is 7.06. The second-order valence-electron chi connectivity index (χ2n) is 5.97. The van der Waals surface area contributed by atoms with E-state index in [9.17, 15) is 9.90 Å². The lowest BCUT2D eigenvalue weighted by atomic mass is 9.95. The summed E-state index contributed by atoms with van der Waals surface area (Å²) in [6, 6.07) is 5.27. The van der Waals surface area contributed by atoms with Gasteiger partial charge < -0.3 is 5.11 Å². The Balaban J connectivity index is 1.88. The van der Waals surface area contributed by atoms with Crippen molar-refractivity contribution in [3.05, 3.63) is 44.9 Å². The molecule has 5 nitrogen and oxygen atoms in total. The van der Waals surface area contributed by atoms with Crippen molar-refractivity contribution in [1.82, 2.24) is 14.3 Å². The Morgan fingerprint density at radius 1 is 1.48 bits per heavy atom. The molecule has 1 aliphatic heterocycles. The SMILES string of the molecule is CC1(O)CCCN(Cc2cc(=O)n3cc(Br)ccc3n2)C1. The summed E-state index contributed by atoms with van der Waals surface area (Å²) >= 11 is 3.35. The third kappa shape index (κ3) is 3.33. The minimum atomic E-state index is -0.644. The third-order valence-electron chi connectivity index (χ3n) is 3.82.